The number of halogens is 1. The highest BCUT2D eigenvalue weighted by atomic mass is 127. The van der Waals surface area contributed by atoms with Gasteiger partial charge in [-0.1, -0.05) is 20.8 Å². The first-order valence-electron chi connectivity index (χ1n) is 8.06. The number of piperidine rings is 1. The average Bonchev–Trinajstić information content (AvgIpc) is 2.37. The quantitative estimate of drug-likeness (QED) is 0.309. The Labute approximate surface area is 152 Å². The summed E-state index contributed by atoms with van der Waals surface area (Å²) in [5.41, 5.74) is 5.69. The normalized spacial score (nSPS) is 19.5. The van der Waals surface area contributed by atoms with Gasteiger partial charge in [-0.15, -0.1) is 24.0 Å². The van der Waals surface area contributed by atoms with Crippen molar-refractivity contribution >= 4 is 35.8 Å². The van der Waals surface area contributed by atoms with Crippen molar-refractivity contribution in [1.82, 2.24) is 10.2 Å². The smallest absolute Gasteiger partial charge is 0.217 e. The fourth-order valence-corrected chi connectivity index (χ4v) is 2.86. The number of aliphatic imine (C=N–C) groups is 1. The molecule has 0 aliphatic carbocycles. The first kappa shape index (κ1) is 21.5. The second-order valence-corrected chi connectivity index (χ2v) is 7.26. The molecule has 1 rings (SSSR count). The molecule has 1 heterocycles. The Morgan fingerprint density at radius 3 is 2.64 bits per heavy atom. The van der Waals surface area contributed by atoms with Crippen LogP contribution in [0.15, 0.2) is 4.99 Å². The molecule has 0 spiro atoms. The third kappa shape index (κ3) is 8.80. The van der Waals surface area contributed by atoms with Gasteiger partial charge >= 0.3 is 0 Å². The summed E-state index contributed by atoms with van der Waals surface area (Å²) < 4.78 is 0. The second-order valence-electron chi connectivity index (χ2n) is 7.26. The van der Waals surface area contributed by atoms with Crippen molar-refractivity contribution in [2.45, 2.75) is 52.9 Å². The van der Waals surface area contributed by atoms with Crippen LogP contribution in [0.2, 0.25) is 0 Å². The van der Waals surface area contributed by atoms with E-state index in [1.165, 1.54) is 6.42 Å². The van der Waals surface area contributed by atoms with Crippen LogP contribution in [0.5, 0.6) is 0 Å². The zero-order valence-electron chi connectivity index (χ0n) is 14.5. The molecule has 0 bridgehead atoms. The topological polar surface area (TPSA) is 70.7 Å². The van der Waals surface area contributed by atoms with Gasteiger partial charge in [-0.3, -0.25) is 9.79 Å². The highest BCUT2D eigenvalue weighted by Crippen LogP contribution is 2.21. The van der Waals surface area contributed by atoms with Gasteiger partial charge in [0.1, 0.15) is 0 Å². The van der Waals surface area contributed by atoms with Gasteiger partial charge in [-0.25, -0.2) is 0 Å². The average molecular weight is 424 g/mol. The van der Waals surface area contributed by atoms with Gasteiger partial charge in [0.25, 0.3) is 0 Å². The molecule has 0 aromatic carbocycles. The highest BCUT2D eigenvalue weighted by Gasteiger charge is 2.23. The van der Waals surface area contributed by atoms with Crippen molar-refractivity contribution in [2.75, 3.05) is 26.7 Å². The summed E-state index contributed by atoms with van der Waals surface area (Å²) in [5.74, 6) is 1.12. The Bertz CT molecular complexity index is 366. The molecule has 6 heteroatoms. The molecule has 0 radical (unpaired) electrons. The standard InChI is InChI=1S/C16H32N4O.HI/c1-16(2,3)8-6-9-19-15(18-4)20-10-5-7-13(12-20)11-14(17)21;/h13H,5-12H2,1-4H3,(H2,17,21)(H,18,19);1H. The van der Waals surface area contributed by atoms with Crippen molar-refractivity contribution in [3.63, 3.8) is 0 Å². The minimum absolute atomic E-state index is 0. The van der Waals surface area contributed by atoms with Gasteiger partial charge < -0.3 is 16.0 Å². The first-order valence-corrected chi connectivity index (χ1v) is 8.06. The minimum Gasteiger partial charge on any atom is -0.370 e. The van der Waals surface area contributed by atoms with Crippen LogP contribution < -0.4 is 11.1 Å². The summed E-state index contributed by atoms with van der Waals surface area (Å²) in [4.78, 5) is 17.7. The Kier molecular flexibility index (Phi) is 10.0. The Balaban J connectivity index is 0.00000441. The minimum atomic E-state index is -0.199. The van der Waals surface area contributed by atoms with Crippen molar-refractivity contribution in [3.05, 3.63) is 0 Å². The van der Waals surface area contributed by atoms with Crippen molar-refractivity contribution in [1.29, 1.82) is 0 Å². The molecule has 1 atom stereocenters. The largest absolute Gasteiger partial charge is 0.370 e. The molecule has 22 heavy (non-hydrogen) atoms. The molecular formula is C16H33IN4O. The number of carbonyl (C=O) groups is 1. The predicted octanol–water partition coefficient (Wildman–Crippen LogP) is 2.59. The molecule has 5 nitrogen and oxygen atoms in total. The molecule has 3 N–H and O–H groups in total. The van der Waals surface area contributed by atoms with Gasteiger partial charge in [-0.2, -0.15) is 0 Å². The molecule has 0 aromatic heterocycles. The summed E-state index contributed by atoms with van der Waals surface area (Å²) in [6.07, 6.45) is 5.00. The summed E-state index contributed by atoms with van der Waals surface area (Å²) >= 11 is 0. The maximum absolute atomic E-state index is 11.1. The van der Waals surface area contributed by atoms with Crippen LogP contribution in [0, 0.1) is 11.3 Å². The molecule has 0 saturated carbocycles. The van der Waals surface area contributed by atoms with E-state index in [1.807, 2.05) is 7.05 Å². The number of hydrogen-bond acceptors (Lipinski definition) is 2. The van der Waals surface area contributed by atoms with Crippen LogP contribution in [-0.4, -0.2) is 43.4 Å². The van der Waals surface area contributed by atoms with E-state index in [1.54, 1.807) is 0 Å². The zero-order valence-corrected chi connectivity index (χ0v) is 16.9. The van der Waals surface area contributed by atoms with E-state index in [0.717, 1.165) is 44.9 Å². The van der Waals surface area contributed by atoms with Gasteiger partial charge in [0.15, 0.2) is 5.96 Å². The Hall–Kier alpha value is -0.530. The van der Waals surface area contributed by atoms with E-state index in [9.17, 15) is 4.79 Å². The summed E-state index contributed by atoms with van der Waals surface area (Å²) in [7, 11) is 1.82. The van der Waals surface area contributed by atoms with Crippen LogP contribution in [0.4, 0.5) is 0 Å². The molecular weight excluding hydrogens is 391 g/mol. The van der Waals surface area contributed by atoms with Gasteiger partial charge in [0.2, 0.25) is 5.91 Å². The Morgan fingerprint density at radius 2 is 2.09 bits per heavy atom. The van der Waals surface area contributed by atoms with Gasteiger partial charge in [0, 0.05) is 33.1 Å². The number of nitrogens with zero attached hydrogens (tertiary/aromatic N) is 2. The van der Waals surface area contributed by atoms with Crippen LogP contribution in [-0.2, 0) is 4.79 Å². The summed E-state index contributed by atoms with van der Waals surface area (Å²) in [6.45, 7) is 9.62. The predicted molar refractivity (Wildman–Crippen MR) is 104 cm³/mol. The van der Waals surface area contributed by atoms with E-state index in [4.69, 9.17) is 5.73 Å². The summed E-state index contributed by atoms with van der Waals surface area (Å²) in [6, 6.07) is 0. The van der Waals surface area contributed by atoms with E-state index < -0.39 is 0 Å². The number of rotatable bonds is 5. The number of hydrogen-bond donors (Lipinski definition) is 2. The molecule has 1 unspecified atom stereocenters. The monoisotopic (exact) mass is 424 g/mol. The molecule has 0 aromatic rings. The van der Waals surface area contributed by atoms with Gasteiger partial charge in [-0.05, 0) is 37.0 Å². The first-order chi connectivity index (χ1) is 9.81. The van der Waals surface area contributed by atoms with Crippen molar-refractivity contribution < 1.29 is 4.79 Å². The van der Waals surface area contributed by atoms with E-state index in [0.29, 0.717) is 17.8 Å². The fourth-order valence-electron chi connectivity index (χ4n) is 2.86. The third-order valence-corrected chi connectivity index (χ3v) is 3.91. The van der Waals surface area contributed by atoms with Crippen LogP contribution in [0.25, 0.3) is 0 Å². The number of guanidine groups is 1. The molecule has 1 amide bonds. The van der Waals surface area contributed by atoms with E-state index in [-0.39, 0.29) is 29.9 Å². The van der Waals surface area contributed by atoms with Crippen LogP contribution in [0.1, 0.15) is 52.9 Å². The molecule has 1 saturated heterocycles. The highest BCUT2D eigenvalue weighted by molar-refractivity contribution is 14.0. The van der Waals surface area contributed by atoms with Crippen molar-refractivity contribution in [3.8, 4) is 0 Å². The maximum atomic E-state index is 11.1. The zero-order chi connectivity index (χ0) is 15.9. The number of amides is 1. The third-order valence-electron chi connectivity index (χ3n) is 3.91. The lowest BCUT2D eigenvalue weighted by atomic mass is 9.91. The number of primary amides is 1. The molecule has 1 aliphatic heterocycles. The molecule has 130 valence electrons. The number of nitrogens with two attached hydrogens (primary N) is 1. The van der Waals surface area contributed by atoms with E-state index >= 15 is 0 Å². The second kappa shape index (κ2) is 10.3. The lowest BCUT2D eigenvalue weighted by Gasteiger charge is -2.34. The lowest BCUT2D eigenvalue weighted by molar-refractivity contribution is -0.119. The fraction of sp³-hybridized carbons (Fsp3) is 0.875. The SMILES string of the molecule is CN=C(NCCCC(C)(C)C)N1CCCC(CC(N)=O)C1.I. The molecule has 1 aliphatic rings. The maximum Gasteiger partial charge on any atom is 0.217 e. The van der Waals surface area contributed by atoms with Gasteiger partial charge in [0.05, 0.1) is 0 Å². The van der Waals surface area contributed by atoms with E-state index in [2.05, 4.69) is 36.0 Å². The van der Waals surface area contributed by atoms with Crippen molar-refractivity contribution in [2.24, 2.45) is 22.1 Å². The van der Waals surface area contributed by atoms with Crippen LogP contribution >= 0.6 is 24.0 Å². The lowest BCUT2D eigenvalue weighted by Crippen LogP contribution is -2.47. The number of carbonyl (C=O) groups excluding carboxylic acids is 1. The van der Waals surface area contributed by atoms with Crippen LogP contribution in [0.3, 0.4) is 0 Å². The Morgan fingerprint density at radius 1 is 1.41 bits per heavy atom. The summed E-state index contributed by atoms with van der Waals surface area (Å²) in [5, 5.41) is 3.45. The molecule has 1 fully saturated rings. The number of nitrogens with one attached hydrogen (secondary N) is 1. The number of likely N-dealkylation sites (tertiary alicyclic amines) is 1.